The number of nitro benzene ring substituents is 1. The van der Waals surface area contributed by atoms with Gasteiger partial charge >= 0.3 is 11.7 Å². The number of rotatable bonds is 6. The molecule has 0 aliphatic rings. The standard InChI is InChI=1S/C14H17NO5/c1-9(2)8-20-13-6-5-11(7-12(13)15(17)18)10(3)14(16)19-4/h5-7,10H,1,8H2,2-4H3. The third-order valence-electron chi connectivity index (χ3n) is 2.71. The lowest BCUT2D eigenvalue weighted by Crippen LogP contribution is -2.11. The number of nitro groups is 1. The van der Waals surface area contributed by atoms with Gasteiger partial charge in [-0.25, -0.2) is 0 Å². The van der Waals surface area contributed by atoms with Crippen LogP contribution >= 0.6 is 0 Å². The average molecular weight is 279 g/mol. The van der Waals surface area contributed by atoms with E-state index in [-0.39, 0.29) is 18.0 Å². The zero-order valence-corrected chi connectivity index (χ0v) is 11.7. The molecule has 1 aromatic rings. The molecular formula is C14H17NO5. The first kappa shape index (κ1) is 15.7. The number of benzene rings is 1. The zero-order chi connectivity index (χ0) is 15.3. The van der Waals surface area contributed by atoms with Gasteiger partial charge in [-0.05, 0) is 31.1 Å². The number of esters is 1. The molecule has 0 radical (unpaired) electrons. The second-order valence-corrected chi connectivity index (χ2v) is 4.47. The first-order valence-corrected chi connectivity index (χ1v) is 6.00. The van der Waals surface area contributed by atoms with Gasteiger partial charge < -0.3 is 9.47 Å². The molecular weight excluding hydrogens is 262 g/mol. The lowest BCUT2D eigenvalue weighted by atomic mass is 10.0. The van der Waals surface area contributed by atoms with E-state index in [1.54, 1.807) is 19.9 Å². The fraction of sp³-hybridized carbons (Fsp3) is 0.357. The predicted molar refractivity (Wildman–Crippen MR) is 73.8 cm³/mol. The highest BCUT2D eigenvalue weighted by Crippen LogP contribution is 2.31. The third kappa shape index (κ3) is 3.81. The summed E-state index contributed by atoms with van der Waals surface area (Å²) in [4.78, 5) is 22.0. The van der Waals surface area contributed by atoms with Crippen molar-refractivity contribution < 1.29 is 19.2 Å². The largest absolute Gasteiger partial charge is 0.482 e. The summed E-state index contributed by atoms with van der Waals surface area (Å²) in [6, 6.07) is 4.42. The highest BCUT2D eigenvalue weighted by atomic mass is 16.6. The summed E-state index contributed by atoms with van der Waals surface area (Å²) in [6.07, 6.45) is 0. The molecule has 20 heavy (non-hydrogen) atoms. The van der Waals surface area contributed by atoms with Crippen LogP contribution in [0.25, 0.3) is 0 Å². The molecule has 0 amide bonds. The van der Waals surface area contributed by atoms with Crippen LogP contribution in [0.15, 0.2) is 30.4 Å². The van der Waals surface area contributed by atoms with Crippen molar-refractivity contribution in [3.8, 4) is 5.75 Å². The quantitative estimate of drug-likeness (QED) is 0.346. The Morgan fingerprint density at radius 2 is 2.15 bits per heavy atom. The molecule has 0 saturated heterocycles. The summed E-state index contributed by atoms with van der Waals surface area (Å²) in [5.74, 6) is -0.873. The van der Waals surface area contributed by atoms with E-state index in [4.69, 9.17) is 4.74 Å². The normalized spacial score (nSPS) is 11.6. The predicted octanol–water partition coefficient (Wildman–Crippen LogP) is 2.83. The van der Waals surface area contributed by atoms with Gasteiger partial charge in [0.05, 0.1) is 18.0 Å². The molecule has 0 aliphatic heterocycles. The minimum atomic E-state index is -0.575. The molecule has 1 rings (SSSR count). The summed E-state index contributed by atoms with van der Waals surface area (Å²) in [5.41, 5.74) is 1.08. The second kappa shape index (κ2) is 6.70. The topological polar surface area (TPSA) is 78.7 Å². The molecule has 1 atom stereocenters. The van der Waals surface area contributed by atoms with Crippen molar-refractivity contribution in [2.45, 2.75) is 19.8 Å². The first-order valence-electron chi connectivity index (χ1n) is 6.00. The number of carbonyl (C=O) groups excluding carboxylic acids is 1. The van der Waals surface area contributed by atoms with Crippen LogP contribution in [0.4, 0.5) is 5.69 Å². The Morgan fingerprint density at radius 1 is 1.50 bits per heavy atom. The SMILES string of the molecule is C=C(C)COc1ccc(C(C)C(=O)OC)cc1[N+](=O)[O-]. The van der Waals surface area contributed by atoms with E-state index in [0.29, 0.717) is 5.56 Å². The third-order valence-corrected chi connectivity index (χ3v) is 2.71. The fourth-order valence-electron chi connectivity index (χ4n) is 1.58. The lowest BCUT2D eigenvalue weighted by molar-refractivity contribution is -0.385. The van der Waals surface area contributed by atoms with Gasteiger partial charge in [0.2, 0.25) is 0 Å². The maximum absolute atomic E-state index is 11.5. The van der Waals surface area contributed by atoms with E-state index in [0.717, 1.165) is 5.57 Å². The maximum atomic E-state index is 11.5. The van der Waals surface area contributed by atoms with Crippen molar-refractivity contribution in [2.24, 2.45) is 0 Å². The Morgan fingerprint density at radius 3 is 2.65 bits per heavy atom. The van der Waals surface area contributed by atoms with E-state index in [9.17, 15) is 14.9 Å². The van der Waals surface area contributed by atoms with Gasteiger partial charge in [0.25, 0.3) is 0 Å². The van der Waals surface area contributed by atoms with Gasteiger partial charge in [0.1, 0.15) is 6.61 Å². The molecule has 1 aromatic carbocycles. The van der Waals surface area contributed by atoms with Crippen LogP contribution in [0, 0.1) is 10.1 Å². The minimum absolute atomic E-state index is 0.152. The highest BCUT2D eigenvalue weighted by Gasteiger charge is 2.22. The van der Waals surface area contributed by atoms with Crippen molar-refractivity contribution in [3.05, 3.63) is 46.0 Å². The van der Waals surface area contributed by atoms with E-state index in [2.05, 4.69) is 11.3 Å². The molecule has 0 aliphatic carbocycles. The van der Waals surface area contributed by atoms with Gasteiger partial charge in [-0.1, -0.05) is 12.6 Å². The van der Waals surface area contributed by atoms with Crippen LogP contribution in [0.3, 0.4) is 0 Å². The molecule has 0 N–H and O–H groups in total. The van der Waals surface area contributed by atoms with Crippen molar-refractivity contribution in [3.63, 3.8) is 0 Å². The summed E-state index contributed by atoms with van der Waals surface area (Å²) >= 11 is 0. The monoisotopic (exact) mass is 279 g/mol. The Labute approximate surface area is 117 Å². The summed E-state index contributed by atoms with van der Waals surface area (Å²) < 4.78 is 9.95. The van der Waals surface area contributed by atoms with E-state index < -0.39 is 16.8 Å². The van der Waals surface area contributed by atoms with E-state index >= 15 is 0 Å². The maximum Gasteiger partial charge on any atom is 0.312 e. The highest BCUT2D eigenvalue weighted by molar-refractivity contribution is 5.78. The molecule has 6 nitrogen and oxygen atoms in total. The van der Waals surface area contributed by atoms with Gasteiger partial charge in [-0.3, -0.25) is 14.9 Å². The molecule has 0 heterocycles. The molecule has 0 aromatic heterocycles. The number of ether oxygens (including phenoxy) is 2. The van der Waals surface area contributed by atoms with Crippen molar-refractivity contribution in [1.29, 1.82) is 0 Å². The number of hydrogen-bond acceptors (Lipinski definition) is 5. The van der Waals surface area contributed by atoms with Gasteiger partial charge in [0, 0.05) is 6.07 Å². The van der Waals surface area contributed by atoms with Crippen molar-refractivity contribution >= 4 is 11.7 Å². The fourth-order valence-corrected chi connectivity index (χ4v) is 1.58. The number of hydrogen-bond donors (Lipinski definition) is 0. The van der Waals surface area contributed by atoms with Gasteiger partial charge in [-0.2, -0.15) is 0 Å². The Bertz CT molecular complexity index is 538. The van der Waals surface area contributed by atoms with Crippen LogP contribution in [0.5, 0.6) is 5.75 Å². The number of carbonyl (C=O) groups is 1. The molecule has 0 saturated carbocycles. The van der Waals surface area contributed by atoms with Crippen LogP contribution in [-0.2, 0) is 9.53 Å². The van der Waals surface area contributed by atoms with E-state index in [1.165, 1.54) is 19.2 Å². The number of methoxy groups -OCH3 is 1. The van der Waals surface area contributed by atoms with Crippen molar-refractivity contribution in [2.75, 3.05) is 13.7 Å². The van der Waals surface area contributed by atoms with E-state index in [1.807, 2.05) is 0 Å². The molecule has 0 fully saturated rings. The van der Waals surface area contributed by atoms with Crippen LogP contribution in [-0.4, -0.2) is 24.6 Å². The number of nitrogens with zero attached hydrogens (tertiary/aromatic N) is 1. The zero-order valence-electron chi connectivity index (χ0n) is 11.7. The molecule has 1 unspecified atom stereocenters. The smallest absolute Gasteiger partial charge is 0.312 e. The molecule has 6 heteroatoms. The van der Waals surface area contributed by atoms with Crippen LogP contribution in [0.1, 0.15) is 25.3 Å². The van der Waals surface area contributed by atoms with Gasteiger partial charge in [-0.15, -0.1) is 0 Å². The lowest BCUT2D eigenvalue weighted by Gasteiger charge is -2.11. The minimum Gasteiger partial charge on any atom is -0.482 e. The second-order valence-electron chi connectivity index (χ2n) is 4.47. The molecule has 108 valence electrons. The average Bonchev–Trinajstić information content (AvgIpc) is 2.42. The molecule has 0 bridgehead atoms. The Kier molecular flexibility index (Phi) is 5.25. The molecule has 0 spiro atoms. The Hall–Kier alpha value is -2.37. The van der Waals surface area contributed by atoms with Crippen molar-refractivity contribution in [1.82, 2.24) is 0 Å². The summed E-state index contributed by atoms with van der Waals surface area (Å²) in [5, 5.41) is 11.1. The van der Waals surface area contributed by atoms with Crippen LogP contribution in [0.2, 0.25) is 0 Å². The van der Waals surface area contributed by atoms with Crippen LogP contribution < -0.4 is 4.74 Å². The summed E-state index contributed by atoms with van der Waals surface area (Å²) in [6.45, 7) is 7.26. The first-order chi connectivity index (χ1) is 9.36. The van der Waals surface area contributed by atoms with Gasteiger partial charge in [0.15, 0.2) is 5.75 Å². The summed E-state index contributed by atoms with van der Waals surface area (Å²) in [7, 11) is 1.28. The Balaban J connectivity index is 3.09.